The summed E-state index contributed by atoms with van der Waals surface area (Å²) in [6.07, 6.45) is 1.83. The molecule has 0 fully saturated rings. The molecule has 1 amide bonds. The lowest BCUT2D eigenvalue weighted by Gasteiger charge is -2.22. The van der Waals surface area contributed by atoms with Crippen molar-refractivity contribution in [3.63, 3.8) is 0 Å². The van der Waals surface area contributed by atoms with Gasteiger partial charge in [0.25, 0.3) is 5.91 Å². The summed E-state index contributed by atoms with van der Waals surface area (Å²) in [6, 6.07) is 20.5. The first kappa shape index (κ1) is 27.2. The molecule has 0 saturated carbocycles. The van der Waals surface area contributed by atoms with Crippen LogP contribution in [0.5, 0.6) is 5.75 Å². The van der Waals surface area contributed by atoms with Gasteiger partial charge in [0.15, 0.2) is 0 Å². The van der Waals surface area contributed by atoms with Gasteiger partial charge < -0.3 is 15.0 Å². The molecule has 0 aliphatic rings. The second kappa shape index (κ2) is 11.7. The summed E-state index contributed by atoms with van der Waals surface area (Å²) in [5, 5.41) is 3.18. The summed E-state index contributed by atoms with van der Waals surface area (Å²) < 4.78 is 5.34. The summed E-state index contributed by atoms with van der Waals surface area (Å²) in [5.41, 5.74) is 8.34. The fourth-order valence-corrected chi connectivity index (χ4v) is 4.67. The third-order valence-electron chi connectivity index (χ3n) is 7.00. The van der Waals surface area contributed by atoms with Crippen LogP contribution in [-0.2, 0) is 6.54 Å². The van der Waals surface area contributed by atoms with E-state index >= 15 is 0 Å². The van der Waals surface area contributed by atoms with Crippen molar-refractivity contribution in [1.82, 2.24) is 15.3 Å². The summed E-state index contributed by atoms with van der Waals surface area (Å²) in [6.45, 7) is 13.5. The number of H-pyrrole nitrogens is 1. The Morgan fingerprint density at radius 3 is 2.11 bits per heavy atom. The molecule has 3 aromatic carbocycles. The van der Waals surface area contributed by atoms with Crippen molar-refractivity contribution in [1.29, 1.82) is 0 Å². The van der Waals surface area contributed by atoms with Crippen LogP contribution in [0.1, 0.15) is 91.9 Å². The number of rotatable bonds is 9. The van der Waals surface area contributed by atoms with Crippen LogP contribution in [0.15, 0.2) is 66.9 Å². The Bertz CT molecular complexity index is 1370. The van der Waals surface area contributed by atoms with Crippen molar-refractivity contribution in [2.75, 3.05) is 7.11 Å². The largest absolute Gasteiger partial charge is 0.497 e. The molecule has 0 aliphatic heterocycles. The van der Waals surface area contributed by atoms with Crippen LogP contribution < -0.4 is 10.1 Å². The number of nitrogens with zero attached hydrogens (tertiary/aromatic N) is 1. The van der Waals surface area contributed by atoms with Crippen LogP contribution in [0.3, 0.4) is 0 Å². The van der Waals surface area contributed by atoms with E-state index in [0.717, 1.165) is 50.6 Å². The van der Waals surface area contributed by atoms with Crippen molar-refractivity contribution >= 4 is 5.91 Å². The number of carbonyl (C=O) groups excluding carboxylic acids is 1. The molecule has 5 heteroatoms. The highest BCUT2D eigenvalue weighted by Gasteiger charge is 2.22. The number of carbonyl (C=O) groups is 1. The molecule has 0 saturated heterocycles. The number of methoxy groups -OCH3 is 1. The summed E-state index contributed by atoms with van der Waals surface area (Å²) >= 11 is 0. The van der Waals surface area contributed by atoms with Gasteiger partial charge in [-0.3, -0.25) is 4.79 Å². The van der Waals surface area contributed by atoms with Gasteiger partial charge in [-0.2, -0.15) is 0 Å². The molecular formula is C33H39N3O2. The quantitative estimate of drug-likeness (QED) is 0.240. The van der Waals surface area contributed by atoms with Crippen LogP contribution in [0.25, 0.3) is 22.6 Å². The average molecular weight is 510 g/mol. The van der Waals surface area contributed by atoms with E-state index in [1.165, 1.54) is 5.56 Å². The van der Waals surface area contributed by atoms with E-state index in [9.17, 15) is 4.79 Å². The smallest absolute Gasteiger partial charge is 0.252 e. The van der Waals surface area contributed by atoms with Gasteiger partial charge >= 0.3 is 0 Å². The summed E-state index contributed by atoms with van der Waals surface area (Å²) in [5.74, 6) is 2.55. The van der Waals surface area contributed by atoms with Gasteiger partial charge in [0, 0.05) is 23.2 Å². The highest BCUT2D eigenvalue weighted by molar-refractivity contribution is 5.97. The molecule has 0 atom stereocenters. The van der Waals surface area contributed by atoms with Crippen LogP contribution in [0.4, 0.5) is 0 Å². The fourth-order valence-electron chi connectivity index (χ4n) is 4.67. The van der Waals surface area contributed by atoms with E-state index < -0.39 is 0 Å². The van der Waals surface area contributed by atoms with Gasteiger partial charge in [-0.25, -0.2) is 4.98 Å². The Morgan fingerprint density at radius 1 is 0.868 bits per heavy atom. The van der Waals surface area contributed by atoms with Gasteiger partial charge in [0.2, 0.25) is 0 Å². The highest BCUT2D eigenvalue weighted by Crippen LogP contribution is 2.32. The molecule has 0 unspecified atom stereocenters. The molecule has 0 spiro atoms. The van der Waals surface area contributed by atoms with E-state index in [0.29, 0.717) is 12.5 Å². The molecule has 2 N–H and O–H groups in total. The lowest BCUT2D eigenvalue weighted by molar-refractivity contribution is 0.0948. The predicted molar refractivity (Wildman–Crippen MR) is 156 cm³/mol. The number of aromatic amines is 1. The molecule has 1 heterocycles. The number of aromatic nitrogens is 2. The van der Waals surface area contributed by atoms with Gasteiger partial charge in [-0.05, 0) is 52.1 Å². The second-order valence-electron chi connectivity index (χ2n) is 10.8. The third-order valence-corrected chi connectivity index (χ3v) is 7.00. The third kappa shape index (κ3) is 5.99. The van der Waals surface area contributed by atoms with Gasteiger partial charge in [-0.1, -0.05) is 90.1 Å². The molecule has 1 aromatic heterocycles. The van der Waals surface area contributed by atoms with Crippen molar-refractivity contribution in [3.05, 3.63) is 94.7 Å². The van der Waals surface area contributed by atoms with Crippen molar-refractivity contribution in [2.24, 2.45) is 0 Å². The molecular weight excluding hydrogens is 470 g/mol. The summed E-state index contributed by atoms with van der Waals surface area (Å²) in [7, 11) is 1.66. The van der Waals surface area contributed by atoms with Crippen LogP contribution in [0.2, 0.25) is 0 Å². The minimum Gasteiger partial charge on any atom is -0.497 e. The Balaban J connectivity index is 1.50. The fraction of sp³-hybridized carbons (Fsp3) is 0.333. The van der Waals surface area contributed by atoms with E-state index in [1.807, 2.05) is 54.7 Å². The number of imidazole rings is 1. The van der Waals surface area contributed by atoms with Gasteiger partial charge in [-0.15, -0.1) is 0 Å². The first-order valence-corrected chi connectivity index (χ1v) is 13.4. The van der Waals surface area contributed by atoms with Gasteiger partial charge in [0.05, 0.1) is 19.0 Å². The number of nitrogens with one attached hydrogen (secondary N) is 2. The zero-order valence-electron chi connectivity index (χ0n) is 23.6. The Labute approximate surface area is 226 Å². The van der Waals surface area contributed by atoms with E-state index in [4.69, 9.17) is 4.74 Å². The van der Waals surface area contributed by atoms with Crippen LogP contribution >= 0.6 is 0 Å². The molecule has 4 aromatic rings. The highest BCUT2D eigenvalue weighted by atomic mass is 16.5. The zero-order chi connectivity index (χ0) is 27.4. The maximum absolute atomic E-state index is 13.5. The first-order chi connectivity index (χ1) is 18.2. The monoisotopic (exact) mass is 509 g/mol. The molecule has 4 rings (SSSR count). The van der Waals surface area contributed by atoms with E-state index in [1.54, 1.807) is 7.11 Å². The zero-order valence-corrected chi connectivity index (χ0v) is 23.6. The number of amides is 1. The maximum Gasteiger partial charge on any atom is 0.252 e. The van der Waals surface area contributed by atoms with E-state index in [2.05, 4.69) is 69.0 Å². The van der Waals surface area contributed by atoms with Crippen molar-refractivity contribution in [3.8, 4) is 28.4 Å². The predicted octanol–water partition coefficient (Wildman–Crippen LogP) is 8.05. The van der Waals surface area contributed by atoms with Crippen LogP contribution in [0, 0.1) is 0 Å². The number of hydrogen-bond acceptors (Lipinski definition) is 3. The minimum absolute atomic E-state index is 0.00857. The number of ether oxygens (including phenoxy) is 1. The second-order valence-corrected chi connectivity index (χ2v) is 10.8. The lowest BCUT2D eigenvalue weighted by atomic mass is 9.84. The topological polar surface area (TPSA) is 67.0 Å². The number of benzene rings is 3. The Morgan fingerprint density at radius 2 is 1.53 bits per heavy atom. The van der Waals surface area contributed by atoms with Crippen molar-refractivity contribution in [2.45, 2.75) is 65.8 Å². The average Bonchev–Trinajstić information content (AvgIpc) is 3.41. The molecule has 198 valence electrons. The normalized spacial score (nSPS) is 11.4. The lowest BCUT2D eigenvalue weighted by Crippen LogP contribution is -2.26. The maximum atomic E-state index is 13.5. The van der Waals surface area contributed by atoms with Gasteiger partial charge in [0.1, 0.15) is 11.6 Å². The van der Waals surface area contributed by atoms with E-state index in [-0.39, 0.29) is 17.7 Å². The molecule has 0 aliphatic carbocycles. The molecule has 38 heavy (non-hydrogen) atoms. The molecule has 0 bridgehead atoms. The number of hydrogen-bond donors (Lipinski definition) is 2. The Hall–Kier alpha value is -3.86. The minimum atomic E-state index is -0.00857. The van der Waals surface area contributed by atoms with Crippen LogP contribution in [-0.4, -0.2) is 23.0 Å². The first-order valence-electron chi connectivity index (χ1n) is 13.4. The standard InChI is InChI=1S/C33H39N3O2/c1-20(2)26-16-28(21(3)4)31(29(17-26)22(5)6)33(37)35-18-23-11-13-24(14-12-23)32-34-19-30(36-32)25-9-8-10-27(15-25)38-7/h8-17,19-22H,18H2,1-7H3,(H,34,36)(H,35,37). The SMILES string of the molecule is COc1cccc(-c2cnc(-c3ccc(CNC(=O)c4c(C(C)C)cc(C(C)C)cc4C(C)C)cc3)[nH]2)c1. The Kier molecular flexibility index (Phi) is 8.35. The van der Waals surface area contributed by atoms with Crippen molar-refractivity contribution < 1.29 is 9.53 Å². The molecule has 0 radical (unpaired) electrons. The molecule has 5 nitrogen and oxygen atoms in total. The summed E-state index contributed by atoms with van der Waals surface area (Å²) in [4.78, 5) is 21.5.